The summed E-state index contributed by atoms with van der Waals surface area (Å²) in [4.78, 5) is 20.5. The second-order valence-corrected chi connectivity index (χ2v) is 8.17. The SMILES string of the molecule is O=c1c2c(c3cccnc3n1Cc1ccccc1Cl)CCN(Cc1ccccc1)C2. The van der Waals surface area contributed by atoms with Gasteiger partial charge in [-0.15, -0.1) is 0 Å². The van der Waals surface area contributed by atoms with Crippen molar-refractivity contribution in [1.82, 2.24) is 14.5 Å². The van der Waals surface area contributed by atoms with Crippen LogP contribution in [0.2, 0.25) is 5.02 Å². The molecule has 0 saturated carbocycles. The normalized spacial score (nSPS) is 14.0. The van der Waals surface area contributed by atoms with E-state index in [0.29, 0.717) is 18.1 Å². The summed E-state index contributed by atoms with van der Waals surface area (Å²) in [6.07, 6.45) is 2.61. The van der Waals surface area contributed by atoms with Crippen molar-refractivity contribution in [2.45, 2.75) is 26.1 Å². The van der Waals surface area contributed by atoms with Gasteiger partial charge in [-0.3, -0.25) is 14.3 Å². The highest BCUT2D eigenvalue weighted by Gasteiger charge is 2.24. The van der Waals surface area contributed by atoms with Crippen LogP contribution in [0.4, 0.5) is 0 Å². The minimum atomic E-state index is 0.0360. The van der Waals surface area contributed by atoms with Crippen LogP contribution in [0.25, 0.3) is 11.0 Å². The average molecular weight is 416 g/mol. The van der Waals surface area contributed by atoms with Crippen molar-refractivity contribution in [3.8, 4) is 0 Å². The van der Waals surface area contributed by atoms with Gasteiger partial charge in [0, 0.05) is 41.8 Å². The van der Waals surface area contributed by atoms with E-state index in [1.54, 1.807) is 10.8 Å². The third-order valence-electron chi connectivity index (χ3n) is 5.83. The number of hydrogen-bond acceptors (Lipinski definition) is 3. The van der Waals surface area contributed by atoms with Gasteiger partial charge in [0.1, 0.15) is 5.65 Å². The maximum atomic E-state index is 13.6. The smallest absolute Gasteiger partial charge is 0.257 e. The quantitative estimate of drug-likeness (QED) is 0.486. The maximum Gasteiger partial charge on any atom is 0.257 e. The first kappa shape index (κ1) is 19.0. The zero-order chi connectivity index (χ0) is 20.5. The highest BCUT2D eigenvalue weighted by molar-refractivity contribution is 6.31. The van der Waals surface area contributed by atoms with Crippen molar-refractivity contribution in [2.75, 3.05) is 6.54 Å². The Hall–Kier alpha value is -2.95. The summed E-state index contributed by atoms with van der Waals surface area (Å²) in [5.74, 6) is 0. The fraction of sp³-hybridized carbons (Fsp3) is 0.200. The first-order valence-corrected chi connectivity index (χ1v) is 10.6. The van der Waals surface area contributed by atoms with Crippen LogP contribution in [0.15, 0.2) is 77.7 Å². The number of hydrogen-bond donors (Lipinski definition) is 0. The molecule has 0 N–H and O–H groups in total. The molecule has 0 atom stereocenters. The van der Waals surface area contributed by atoms with Crippen LogP contribution in [0.3, 0.4) is 0 Å². The van der Waals surface area contributed by atoms with E-state index in [4.69, 9.17) is 11.6 Å². The molecule has 30 heavy (non-hydrogen) atoms. The number of rotatable bonds is 4. The van der Waals surface area contributed by atoms with E-state index < -0.39 is 0 Å². The van der Waals surface area contributed by atoms with Gasteiger partial charge in [0.05, 0.1) is 6.54 Å². The van der Waals surface area contributed by atoms with Crippen molar-refractivity contribution in [2.24, 2.45) is 0 Å². The molecule has 0 fully saturated rings. The average Bonchev–Trinajstić information content (AvgIpc) is 2.78. The molecule has 1 aliphatic heterocycles. The minimum absolute atomic E-state index is 0.0360. The molecule has 0 radical (unpaired) electrons. The third-order valence-corrected chi connectivity index (χ3v) is 6.20. The second-order valence-electron chi connectivity index (χ2n) is 7.76. The lowest BCUT2D eigenvalue weighted by Gasteiger charge is -2.30. The van der Waals surface area contributed by atoms with E-state index in [2.05, 4.69) is 40.2 Å². The first-order valence-electron chi connectivity index (χ1n) is 10.2. The molecule has 0 spiro atoms. The Balaban J connectivity index is 1.58. The highest BCUT2D eigenvalue weighted by atomic mass is 35.5. The number of nitrogens with zero attached hydrogens (tertiary/aromatic N) is 3. The van der Waals surface area contributed by atoms with Gasteiger partial charge in [-0.1, -0.05) is 60.1 Å². The van der Waals surface area contributed by atoms with Crippen LogP contribution in [-0.2, 0) is 26.1 Å². The fourth-order valence-corrected chi connectivity index (χ4v) is 4.54. The van der Waals surface area contributed by atoms with E-state index in [1.165, 1.54) is 5.56 Å². The van der Waals surface area contributed by atoms with Crippen LogP contribution in [0.1, 0.15) is 22.3 Å². The van der Waals surface area contributed by atoms with Crippen molar-refractivity contribution in [3.05, 3.63) is 111 Å². The summed E-state index contributed by atoms with van der Waals surface area (Å²) >= 11 is 6.39. The van der Waals surface area contributed by atoms with E-state index in [-0.39, 0.29) is 5.56 Å². The molecule has 2 aromatic heterocycles. The number of benzene rings is 2. The van der Waals surface area contributed by atoms with Gasteiger partial charge in [0.25, 0.3) is 5.56 Å². The summed E-state index contributed by atoms with van der Waals surface area (Å²) in [5, 5.41) is 1.73. The molecule has 0 aliphatic carbocycles. The zero-order valence-electron chi connectivity index (χ0n) is 16.6. The van der Waals surface area contributed by atoms with Crippen LogP contribution in [-0.4, -0.2) is 21.0 Å². The van der Waals surface area contributed by atoms with Crippen LogP contribution in [0.5, 0.6) is 0 Å². The molecule has 1 aliphatic rings. The van der Waals surface area contributed by atoms with Crippen molar-refractivity contribution < 1.29 is 0 Å². The maximum absolute atomic E-state index is 13.6. The van der Waals surface area contributed by atoms with Gasteiger partial charge in [0.15, 0.2) is 0 Å². The minimum Gasteiger partial charge on any atom is -0.294 e. The molecule has 4 aromatic rings. The lowest BCUT2D eigenvalue weighted by Crippen LogP contribution is -2.37. The molecule has 5 heteroatoms. The summed E-state index contributed by atoms with van der Waals surface area (Å²) < 4.78 is 1.78. The molecule has 5 rings (SSSR count). The summed E-state index contributed by atoms with van der Waals surface area (Å²) in [7, 11) is 0. The molecular formula is C25H22ClN3O. The van der Waals surface area contributed by atoms with Crippen LogP contribution in [0, 0.1) is 0 Å². The Morgan fingerprint density at radius 3 is 2.53 bits per heavy atom. The zero-order valence-corrected chi connectivity index (χ0v) is 17.3. The summed E-state index contributed by atoms with van der Waals surface area (Å²) in [6, 6.07) is 22.1. The molecule has 0 unspecified atom stereocenters. The van der Waals surface area contributed by atoms with Crippen molar-refractivity contribution >= 4 is 22.6 Å². The molecular weight excluding hydrogens is 394 g/mol. The predicted octanol–water partition coefficient (Wildman–Crippen LogP) is 4.66. The monoisotopic (exact) mass is 415 g/mol. The van der Waals surface area contributed by atoms with Gasteiger partial charge in [-0.05, 0) is 41.3 Å². The Morgan fingerprint density at radius 1 is 0.900 bits per heavy atom. The number of aromatic nitrogens is 2. The number of halogens is 1. The van der Waals surface area contributed by atoms with Gasteiger partial charge < -0.3 is 0 Å². The lowest BCUT2D eigenvalue weighted by molar-refractivity contribution is 0.244. The molecule has 150 valence electrons. The Bertz CT molecular complexity index is 1270. The molecule has 4 nitrogen and oxygen atoms in total. The Labute approximate surface area is 180 Å². The molecule has 0 amide bonds. The van der Waals surface area contributed by atoms with E-state index >= 15 is 0 Å². The van der Waals surface area contributed by atoms with Crippen LogP contribution < -0.4 is 5.56 Å². The van der Waals surface area contributed by atoms with Crippen molar-refractivity contribution in [1.29, 1.82) is 0 Å². The van der Waals surface area contributed by atoms with E-state index in [0.717, 1.165) is 47.2 Å². The lowest BCUT2D eigenvalue weighted by atomic mass is 9.97. The van der Waals surface area contributed by atoms with E-state index in [1.807, 2.05) is 36.4 Å². The van der Waals surface area contributed by atoms with Gasteiger partial charge in [0.2, 0.25) is 0 Å². The third kappa shape index (κ3) is 3.53. The number of fused-ring (bicyclic) bond motifs is 3. The largest absolute Gasteiger partial charge is 0.294 e. The number of pyridine rings is 2. The van der Waals surface area contributed by atoms with E-state index in [9.17, 15) is 4.79 Å². The molecule has 0 saturated heterocycles. The molecule has 3 heterocycles. The highest BCUT2D eigenvalue weighted by Crippen LogP contribution is 2.26. The van der Waals surface area contributed by atoms with Gasteiger partial charge in [-0.2, -0.15) is 0 Å². The summed E-state index contributed by atoms with van der Waals surface area (Å²) in [5.41, 5.74) is 4.98. The van der Waals surface area contributed by atoms with Crippen molar-refractivity contribution in [3.63, 3.8) is 0 Å². The summed E-state index contributed by atoms with van der Waals surface area (Å²) in [6.45, 7) is 2.84. The second kappa shape index (κ2) is 8.05. The van der Waals surface area contributed by atoms with Crippen LogP contribution >= 0.6 is 11.6 Å². The molecule has 2 aromatic carbocycles. The van der Waals surface area contributed by atoms with Gasteiger partial charge >= 0.3 is 0 Å². The standard InChI is InChI=1S/C25H22ClN3O/c26-23-11-5-4-9-19(23)16-29-24-21(10-6-13-27-24)20-12-14-28(17-22(20)25(29)30)15-18-7-2-1-3-8-18/h1-11,13H,12,14-17H2. The Morgan fingerprint density at radius 2 is 1.70 bits per heavy atom. The topological polar surface area (TPSA) is 38.1 Å². The van der Waals surface area contributed by atoms with Gasteiger partial charge in [-0.25, -0.2) is 4.98 Å². The first-order chi connectivity index (χ1) is 14.7. The molecule has 0 bridgehead atoms. The Kier molecular flexibility index (Phi) is 5.11. The predicted molar refractivity (Wildman–Crippen MR) is 121 cm³/mol. The fourth-order valence-electron chi connectivity index (χ4n) is 4.34.